The maximum absolute atomic E-state index is 13.7. The van der Waals surface area contributed by atoms with E-state index in [1.807, 2.05) is 30.3 Å². The quantitative estimate of drug-likeness (QED) is 0.272. The largest absolute Gasteiger partial charge is 0.354 e. The van der Waals surface area contributed by atoms with Gasteiger partial charge in [-0.15, -0.1) is 11.8 Å². The third-order valence-corrected chi connectivity index (χ3v) is 7.13. The van der Waals surface area contributed by atoms with Gasteiger partial charge in [-0.2, -0.15) is 0 Å². The van der Waals surface area contributed by atoms with Gasteiger partial charge in [0.25, 0.3) is 0 Å². The summed E-state index contributed by atoms with van der Waals surface area (Å²) in [5, 5.41) is 3.03. The summed E-state index contributed by atoms with van der Waals surface area (Å²) in [6, 6.07) is 21.6. The molecule has 1 atom stereocenters. The van der Waals surface area contributed by atoms with Gasteiger partial charge in [-0.05, 0) is 49.1 Å². The van der Waals surface area contributed by atoms with Crippen LogP contribution < -0.4 is 5.32 Å². The zero-order chi connectivity index (χ0) is 26.6. The molecule has 4 nitrogen and oxygen atoms in total. The summed E-state index contributed by atoms with van der Waals surface area (Å²) >= 11 is 1.55. The molecule has 0 aliphatic heterocycles. The Hall–Kier alpha value is -3.12. The summed E-state index contributed by atoms with van der Waals surface area (Å²) in [5.74, 6) is 0.369. The predicted molar refractivity (Wildman–Crippen MR) is 151 cm³/mol. The molecule has 3 aromatic carbocycles. The van der Waals surface area contributed by atoms with Gasteiger partial charge < -0.3 is 10.2 Å². The fourth-order valence-corrected chi connectivity index (χ4v) is 5.18. The van der Waals surface area contributed by atoms with E-state index in [9.17, 15) is 14.0 Å². The number of hydrogen-bond donors (Lipinski definition) is 1. The lowest BCUT2D eigenvalue weighted by molar-refractivity contribution is -0.139. The number of carbonyl (C=O) groups is 2. The number of nitrogens with one attached hydrogen (secondary N) is 1. The fraction of sp³-hybridized carbons (Fsp3) is 0.355. The van der Waals surface area contributed by atoms with Gasteiger partial charge in [0.15, 0.2) is 0 Å². The number of aryl methyl sites for hydroxylation is 2. The topological polar surface area (TPSA) is 49.4 Å². The molecule has 6 heteroatoms. The molecular weight excluding hydrogens is 483 g/mol. The minimum atomic E-state index is -0.668. The molecule has 3 rings (SSSR count). The lowest BCUT2D eigenvalue weighted by atomic mass is 10.0. The molecule has 0 radical (unpaired) electrons. The van der Waals surface area contributed by atoms with Crippen molar-refractivity contribution in [3.8, 4) is 0 Å². The van der Waals surface area contributed by atoms with Crippen molar-refractivity contribution in [1.29, 1.82) is 0 Å². The van der Waals surface area contributed by atoms with Crippen LogP contribution in [0.3, 0.4) is 0 Å². The number of halogens is 1. The predicted octanol–water partition coefficient (Wildman–Crippen LogP) is 6.23. The molecule has 196 valence electrons. The van der Waals surface area contributed by atoms with Crippen LogP contribution in [0, 0.1) is 19.7 Å². The van der Waals surface area contributed by atoms with Crippen LogP contribution in [-0.2, 0) is 28.3 Å². The molecule has 0 aliphatic rings. The number of amides is 2. The minimum Gasteiger partial charge on any atom is -0.354 e. The number of rotatable bonds is 13. The summed E-state index contributed by atoms with van der Waals surface area (Å²) in [5.41, 5.74) is 5.35. The van der Waals surface area contributed by atoms with Crippen molar-refractivity contribution in [2.45, 2.75) is 58.4 Å². The molecule has 3 aromatic rings. The van der Waals surface area contributed by atoms with Crippen molar-refractivity contribution < 1.29 is 14.0 Å². The summed E-state index contributed by atoms with van der Waals surface area (Å²) < 4.78 is 13.6. The molecule has 0 aliphatic carbocycles. The van der Waals surface area contributed by atoms with Gasteiger partial charge in [-0.3, -0.25) is 9.59 Å². The van der Waals surface area contributed by atoms with Crippen molar-refractivity contribution in [1.82, 2.24) is 10.2 Å². The van der Waals surface area contributed by atoms with E-state index in [0.29, 0.717) is 18.7 Å². The van der Waals surface area contributed by atoms with Gasteiger partial charge in [-0.25, -0.2) is 4.39 Å². The first-order valence-corrected chi connectivity index (χ1v) is 14.0. The highest BCUT2D eigenvalue weighted by atomic mass is 32.2. The Bertz CT molecular complexity index is 1130. The first-order valence-electron chi connectivity index (χ1n) is 12.9. The number of benzene rings is 3. The summed E-state index contributed by atoms with van der Waals surface area (Å²) in [6.07, 6.45) is 2.26. The summed E-state index contributed by atoms with van der Waals surface area (Å²) in [6.45, 7) is 7.03. The van der Waals surface area contributed by atoms with E-state index in [0.717, 1.165) is 24.0 Å². The van der Waals surface area contributed by atoms with E-state index >= 15 is 0 Å². The van der Waals surface area contributed by atoms with E-state index in [1.54, 1.807) is 28.8 Å². The molecule has 0 saturated heterocycles. The second kappa shape index (κ2) is 14.6. The highest BCUT2D eigenvalue weighted by Gasteiger charge is 2.30. The van der Waals surface area contributed by atoms with Gasteiger partial charge in [0.2, 0.25) is 11.8 Å². The first-order chi connectivity index (χ1) is 17.9. The van der Waals surface area contributed by atoms with Crippen molar-refractivity contribution >= 4 is 23.6 Å². The number of carbonyl (C=O) groups excluding carboxylic acids is 2. The lowest BCUT2D eigenvalue weighted by Crippen LogP contribution is -2.51. The fourth-order valence-electron chi connectivity index (χ4n) is 4.34. The summed E-state index contributed by atoms with van der Waals surface area (Å²) in [7, 11) is 0. The van der Waals surface area contributed by atoms with Crippen LogP contribution in [-0.4, -0.2) is 35.1 Å². The maximum Gasteiger partial charge on any atom is 0.243 e. The van der Waals surface area contributed by atoms with E-state index < -0.39 is 6.04 Å². The molecule has 0 saturated carbocycles. The molecular formula is C31H37FN2O2S. The van der Waals surface area contributed by atoms with Crippen LogP contribution in [0.15, 0.2) is 72.8 Å². The van der Waals surface area contributed by atoms with Crippen LogP contribution in [0.4, 0.5) is 4.39 Å². The van der Waals surface area contributed by atoms with Gasteiger partial charge in [-0.1, -0.05) is 85.1 Å². The van der Waals surface area contributed by atoms with E-state index in [-0.39, 0.29) is 29.9 Å². The second-order valence-corrected chi connectivity index (χ2v) is 10.5. The Labute approximate surface area is 224 Å². The van der Waals surface area contributed by atoms with Gasteiger partial charge in [0, 0.05) is 25.3 Å². The van der Waals surface area contributed by atoms with Crippen molar-refractivity contribution in [2.75, 3.05) is 12.3 Å². The minimum absolute atomic E-state index is 0.106. The SMILES string of the molecule is CCCCNC(=O)C(Cc1ccccc1)N(Cc1ccc(F)cc1)C(=O)CSCc1cc(C)cc(C)c1. The normalized spacial score (nSPS) is 11.7. The summed E-state index contributed by atoms with van der Waals surface area (Å²) in [4.78, 5) is 28.7. The zero-order valence-corrected chi connectivity index (χ0v) is 22.8. The number of nitrogens with zero attached hydrogens (tertiary/aromatic N) is 1. The van der Waals surface area contributed by atoms with Gasteiger partial charge >= 0.3 is 0 Å². The van der Waals surface area contributed by atoms with Crippen LogP contribution in [0.25, 0.3) is 0 Å². The van der Waals surface area contributed by atoms with E-state index in [1.165, 1.54) is 28.8 Å². The van der Waals surface area contributed by atoms with Crippen LogP contribution >= 0.6 is 11.8 Å². The monoisotopic (exact) mass is 520 g/mol. The Morgan fingerprint density at radius 2 is 1.59 bits per heavy atom. The van der Waals surface area contributed by atoms with E-state index in [2.05, 4.69) is 44.3 Å². The van der Waals surface area contributed by atoms with Crippen LogP contribution in [0.2, 0.25) is 0 Å². The van der Waals surface area contributed by atoms with Crippen molar-refractivity contribution in [2.24, 2.45) is 0 Å². The average molecular weight is 521 g/mol. The molecule has 0 aromatic heterocycles. The molecule has 0 heterocycles. The Kier molecular flexibility index (Phi) is 11.2. The van der Waals surface area contributed by atoms with Crippen molar-refractivity contribution in [3.63, 3.8) is 0 Å². The molecule has 0 fully saturated rings. The lowest BCUT2D eigenvalue weighted by Gasteiger charge is -2.31. The highest BCUT2D eigenvalue weighted by molar-refractivity contribution is 7.99. The molecule has 0 spiro atoms. The molecule has 1 unspecified atom stereocenters. The third-order valence-electron chi connectivity index (χ3n) is 6.14. The molecule has 37 heavy (non-hydrogen) atoms. The Balaban J connectivity index is 1.82. The van der Waals surface area contributed by atoms with Gasteiger partial charge in [0.05, 0.1) is 5.75 Å². The van der Waals surface area contributed by atoms with Crippen LogP contribution in [0.5, 0.6) is 0 Å². The van der Waals surface area contributed by atoms with E-state index in [4.69, 9.17) is 0 Å². The Morgan fingerprint density at radius 1 is 0.919 bits per heavy atom. The molecule has 1 N–H and O–H groups in total. The number of hydrogen-bond acceptors (Lipinski definition) is 3. The first kappa shape index (κ1) is 28.5. The second-order valence-electron chi connectivity index (χ2n) is 9.49. The standard InChI is InChI=1S/C31H37FN2O2S/c1-4-5-15-33-31(36)29(19-25-9-7-6-8-10-25)34(20-26-11-13-28(32)14-12-26)30(35)22-37-21-27-17-23(2)16-24(3)18-27/h6-14,16-18,29H,4-5,15,19-22H2,1-3H3,(H,33,36). The third kappa shape index (κ3) is 9.36. The maximum atomic E-state index is 13.7. The molecule has 0 bridgehead atoms. The average Bonchev–Trinajstić information content (AvgIpc) is 2.87. The van der Waals surface area contributed by atoms with Gasteiger partial charge in [0.1, 0.15) is 11.9 Å². The zero-order valence-electron chi connectivity index (χ0n) is 22.0. The number of unbranched alkanes of at least 4 members (excludes halogenated alkanes) is 1. The van der Waals surface area contributed by atoms with Crippen LogP contribution in [0.1, 0.15) is 47.6 Å². The van der Waals surface area contributed by atoms with Crippen molar-refractivity contribution in [3.05, 3.63) is 106 Å². The molecule has 2 amide bonds. The number of thioether (sulfide) groups is 1. The highest BCUT2D eigenvalue weighted by Crippen LogP contribution is 2.20. The smallest absolute Gasteiger partial charge is 0.243 e. The Morgan fingerprint density at radius 3 is 2.24 bits per heavy atom.